The number of allylic oxidation sites excluding steroid dienone is 1. The molecule has 0 saturated carbocycles. The number of rotatable bonds is 11. The van der Waals surface area contributed by atoms with Gasteiger partial charge in [-0.1, -0.05) is 6.07 Å². The van der Waals surface area contributed by atoms with Crippen molar-refractivity contribution in [2.75, 3.05) is 67.0 Å². The van der Waals surface area contributed by atoms with Crippen molar-refractivity contribution in [1.29, 1.82) is 0 Å². The minimum absolute atomic E-state index is 0.0413. The molecule has 0 aliphatic carbocycles. The summed E-state index contributed by atoms with van der Waals surface area (Å²) in [5.74, 6) is 2.13. The highest BCUT2D eigenvalue weighted by Gasteiger charge is 2.17. The summed E-state index contributed by atoms with van der Waals surface area (Å²) < 4.78 is 21.6. The molecule has 37 heavy (non-hydrogen) atoms. The highest BCUT2D eigenvalue weighted by atomic mass is 16.5. The van der Waals surface area contributed by atoms with E-state index in [2.05, 4.69) is 10.2 Å². The van der Waals surface area contributed by atoms with E-state index in [1.807, 2.05) is 24.1 Å². The van der Waals surface area contributed by atoms with Crippen molar-refractivity contribution in [2.24, 2.45) is 0 Å². The second kappa shape index (κ2) is 13.4. The number of ether oxygens (including phenoxy) is 4. The molecule has 0 aromatic heterocycles. The molecule has 1 saturated heterocycles. The van der Waals surface area contributed by atoms with E-state index in [1.165, 1.54) is 12.2 Å². The lowest BCUT2D eigenvalue weighted by molar-refractivity contribution is -0.127. The summed E-state index contributed by atoms with van der Waals surface area (Å²) in [7, 11) is 8.28. The van der Waals surface area contributed by atoms with Gasteiger partial charge in [-0.2, -0.15) is 0 Å². The van der Waals surface area contributed by atoms with E-state index in [4.69, 9.17) is 18.9 Å². The molecule has 0 radical (unpaired) electrons. The Morgan fingerprint density at radius 2 is 1.51 bits per heavy atom. The minimum atomic E-state index is -0.100. The smallest absolute Gasteiger partial charge is 0.248 e. The second-order valence-electron chi connectivity index (χ2n) is 8.56. The molecule has 1 heterocycles. The first-order valence-electron chi connectivity index (χ1n) is 12.0. The fraction of sp³-hybridized carbons (Fsp3) is 0.357. The van der Waals surface area contributed by atoms with Crippen LogP contribution in [0.4, 0.5) is 5.69 Å². The molecule has 0 spiro atoms. The van der Waals surface area contributed by atoms with Crippen LogP contribution in [0.2, 0.25) is 0 Å². The topological polar surface area (TPSA) is 89.6 Å². The quantitative estimate of drug-likeness (QED) is 0.462. The Bertz CT molecular complexity index is 1130. The summed E-state index contributed by atoms with van der Waals surface area (Å²) in [5.41, 5.74) is 2.11. The molecule has 1 N–H and O–H groups in total. The third-order valence-electron chi connectivity index (χ3n) is 6.11. The van der Waals surface area contributed by atoms with Crippen molar-refractivity contribution in [3.8, 4) is 23.0 Å². The van der Waals surface area contributed by atoms with Crippen LogP contribution in [0.5, 0.6) is 23.0 Å². The van der Waals surface area contributed by atoms with Gasteiger partial charge in [0.05, 0.1) is 39.7 Å². The number of anilines is 1. The maximum Gasteiger partial charge on any atom is 0.248 e. The van der Waals surface area contributed by atoms with E-state index in [0.717, 1.165) is 18.7 Å². The minimum Gasteiger partial charge on any atom is -0.496 e. The lowest BCUT2D eigenvalue weighted by atomic mass is 10.1. The van der Waals surface area contributed by atoms with Crippen LogP contribution in [-0.4, -0.2) is 83.2 Å². The highest BCUT2D eigenvalue weighted by Crippen LogP contribution is 2.35. The van der Waals surface area contributed by atoms with Crippen LogP contribution in [0, 0.1) is 0 Å². The molecule has 2 aromatic rings. The van der Waals surface area contributed by atoms with Crippen molar-refractivity contribution in [1.82, 2.24) is 9.80 Å². The number of ketones is 1. The largest absolute Gasteiger partial charge is 0.496 e. The van der Waals surface area contributed by atoms with Gasteiger partial charge >= 0.3 is 0 Å². The number of methoxy groups -OCH3 is 4. The number of likely N-dealkylation sites (N-methyl/N-ethyl adjacent to an activating group) is 1. The first-order valence-corrected chi connectivity index (χ1v) is 12.0. The van der Waals surface area contributed by atoms with Gasteiger partial charge in [0.1, 0.15) is 23.0 Å². The number of piperazine rings is 1. The summed E-state index contributed by atoms with van der Waals surface area (Å²) >= 11 is 0. The fourth-order valence-corrected chi connectivity index (χ4v) is 3.95. The van der Waals surface area contributed by atoms with Gasteiger partial charge in [-0.25, -0.2) is 0 Å². The van der Waals surface area contributed by atoms with Crippen LogP contribution < -0.4 is 24.3 Å². The van der Waals surface area contributed by atoms with Gasteiger partial charge in [-0.15, -0.1) is 0 Å². The zero-order valence-electron chi connectivity index (χ0n) is 22.1. The Morgan fingerprint density at radius 3 is 2.11 bits per heavy atom. The molecule has 1 aliphatic rings. The maximum atomic E-state index is 12.8. The van der Waals surface area contributed by atoms with Crippen molar-refractivity contribution in [3.05, 3.63) is 59.8 Å². The normalized spacial score (nSPS) is 14.1. The summed E-state index contributed by atoms with van der Waals surface area (Å²) in [4.78, 5) is 29.2. The molecular weight excluding hydrogens is 474 g/mol. The van der Waals surface area contributed by atoms with Gasteiger partial charge in [-0.05, 0) is 36.9 Å². The zero-order valence-corrected chi connectivity index (χ0v) is 22.1. The molecule has 0 bridgehead atoms. The lowest BCUT2D eigenvalue weighted by Gasteiger charge is -2.31. The molecule has 3 rings (SSSR count). The Labute approximate surface area is 218 Å². The third-order valence-corrected chi connectivity index (χ3v) is 6.11. The predicted molar refractivity (Wildman–Crippen MR) is 144 cm³/mol. The molecule has 1 fully saturated rings. The Hall–Kier alpha value is -3.98. The van der Waals surface area contributed by atoms with E-state index in [0.29, 0.717) is 47.3 Å². The van der Waals surface area contributed by atoms with Gasteiger partial charge in [-0.3, -0.25) is 9.59 Å². The van der Waals surface area contributed by atoms with Crippen molar-refractivity contribution >= 4 is 23.5 Å². The van der Waals surface area contributed by atoms with Crippen molar-refractivity contribution < 1.29 is 28.5 Å². The van der Waals surface area contributed by atoms with Crippen LogP contribution in [0.3, 0.4) is 0 Å². The molecular formula is C28H35N3O6. The molecule has 0 atom stereocenters. The van der Waals surface area contributed by atoms with Crippen LogP contribution in [0.15, 0.2) is 48.7 Å². The van der Waals surface area contributed by atoms with E-state index in [1.54, 1.807) is 58.9 Å². The zero-order chi connectivity index (χ0) is 26.8. The van der Waals surface area contributed by atoms with Crippen LogP contribution in [0.25, 0.3) is 6.08 Å². The lowest BCUT2D eigenvalue weighted by Crippen LogP contribution is -2.46. The Morgan fingerprint density at radius 1 is 0.865 bits per heavy atom. The van der Waals surface area contributed by atoms with E-state index >= 15 is 0 Å². The van der Waals surface area contributed by atoms with Crippen LogP contribution in [0.1, 0.15) is 11.1 Å². The number of nitrogens with one attached hydrogen (secondary N) is 1. The number of carbonyl (C=O) groups is 2. The number of amides is 1. The monoisotopic (exact) mass is 509 g/mol. The average Bonchev–Trinajstić information content (AvgIpc) is 2.91. The molecule has 0 unspecified atom stereocenters. The van der Waals surface area contributed by atoms with Crippen molar-refractivity contribution in [3.63, 3.8) is 0 Å². The van der Waals surface area contributed by atoms with E-state index in [9.17, 15) is 9.59 Å². The fourth-order valence-electron chi connectivity index (χ4n) is 3.95. The summed E-state index contributed by atoms with van der Waals surface area (Å²) in [6.07, 6.45) is 6.47. The molecule has 9 heteroatoms. The Kier molecular flexibility index (Phi) is 9.97. The predicted octanol–water partition coefficient (Wildman–Crippen LogP) is 3.25. The van der Waals surface area contributed by atoms with E-state index < -0.39 is 0 Å². The van der Waals surface area contributed by atoms with Crippen LogP contribution in [-0.2, 0) is 16.0 Å². The molecule has 198 valence electrons. The highest BCUT2D eigenvalue weighted by molar-refractivity contribution is 5.96. The summed E-state index contributed by atoms with van der Waals surface area (Å²) in [6.45, 7) is 3.15. The average molecular weight is 510 g/mol. The van der Waals surface area contributed by atoms with Gasteiger partial charge in [0, 0.05) is 57.0 Å². The maximum absolute atomic E-state index is 12.8. The summed E-state index contributed by atoms with van der Waals surface area (Å²) in [6, 6.07) is 8.93. The standard InChI is InChI=1S/C28H35N3O6/c1-30-12-14-31(15-13-30)28(33)10-11-29-24-17-20(6-9-25(24)35-3)16-21(32)7-8-23-26(36-4)18-22(34-2)19-27(23)37-5/h6-11,17-19,29H,12-16H2,1-5H3/b8-7+,11-10-. The SMILES string of the molecule is COc1cc(OC)c(/C=C/C(=O)Cc2ccc(OC)c(N/C=C\C(=O)N3CCN(C)CC3)c2)c(OC)c1. The first-order chi connectivity index (χ1) is 17.9. The Balaban J connectivity index is 1.68. The molecule has 1 aliphatic heterocycles. The van der Waals surface area contributed by atoms with Crippen LogP contribution >= 0.6 is 0 Å². The second-order valence-corrected chi connectivity index (χ2v) is 8.56. The molecule has 2 aromatic carbocycles. The third kappa shape index (κ3) is 7.50. The summed E-state index contributed by atoms with van der Waals surface area (Å²) in [5, 5.41) is 3.12. The number of hydrogen-bond acceptors (Lipinski definition) is 8. The van der Waals surface area contributed by atoms with Gasteiger partial charge in [0.2, 0.25) is 5.91 Å². The molecule has 9 nitrogen and oxygen atoms in total. The number of nitrogens with zero attached hydrogens (tertiary/aromatic N) is 2. The first kappa shape index (κ1) is 27.6. The number of hydrogen-bond donors (Lipinski definition) is 1. The van der Waals surface area contributed by atoms with E-state index in [-0.39, 0.29) is 18.1 Å². The van der Waals surface area contributed by atoms with Gasteiger partial charge < -0.3 is 34.1 Å². The molecule has 1 amide bonds. The van der Waals surface area contributed by atoms with Crippen molar-refractivity contribution in [2.45, 2.75) is 6.42 Å². The van der Waals surface area contributed by atoms with Gasteiger partial charge in [0.15, 0.2) is 5.78 Å². The number of benzene rings is 2. The van der Waals surface area contributed by atoms with Gasteiger partial charge in [0.25, 0.3) is 0 Å². The number of carbonyl (C=O) groups excluding carboxylic acids is 2.